The summed E-state index contributed by atoms with van der Waals surface area (Å²) in [6, 6.07) is 0.428. The van der Waals surface area contributed by atoms with Crippen LogP contribution < -0.4 is 11.1 Å². The topological polar surface area (TPSA) is 38.0 Å². The summed E-state index contributed by atoms with van der Waals surface area (Å²) in [6.07, 6.45) is 12.1. The summed E-state index contributed by atoms with van der Waals surface area (Å²) in [6.45, 7) is 4.40. The lowest BCUT2D eigenvalue weighted by molar-refractivity contribution is 0.523. The highest BCUT2D eigenvalue weighted by atomic mass is 32.1. The van der Waals surface area contributed by atoms with Crippen molar-refractivity contribution >= 4 is 17.3 Å². The zero-order chi connectivity index (χ0) is 12.2. The molecule has 0 radical (unpaired) electrons. The molecule has 0 spiro atoms. The first-order valence-electron chi connectivity index (χ1n) is 6.72. The molecule has 2 nitrogen and oxygen atoms in total. The Bertz CT molecular complexity index is 171. The molecule has 0 rings (SSSR count). The second kappa shape index (κ2) is 11.2. The molecule has 0 aliphatic carbocycles. The van der Waals surface area contributed by atoms with Gasteiger partial charge in [0.25, 0.3) is 0 Å². The molecule has 0 aromatic rings. The van der Waals surface area contributed by atoms with E-state index in [9.17, 15) is 0 Å². The minimum Gasteiger partial charge on any atom is -0.376 e. The third-order valence-corrected chi connectivity index (χ3v) is 3.00. The monoisotopic (exact) mass is 244 g/mol. The molecule has 0 fully saturated rings. The molecular weight excluding hydrogens is 216 g/mol. The lowest BCUT2D eigenvalue weighted by Gasteiger charge is -2.12. The molecule has 1 unspecified atom stereocenters. The fourth-order valence-electron chi connectivity index (χ4n) is 1.90. The highest BCUT2D eigenvalue weighted by Gasteiger charge is 2.00. The van der Waals surface area contributed by atoms with Gasteiger partial charge in [-0.3, -0.25) is 0 Å². The molecule has 1 atom stereocenters. The Morgan fingerprint density at radius 1 is 1.06 bits per heavy atom. The van der Waals surface area contributed by atoms with Gasteiger partial charge in [0.1, 0.15) is 0 Å². The average Bonchev–Trinajstić information content (AvgIpc) is 2.21. The van der Waals surface area contributed by atoms with Crippen LogP contribution in [0, 0.1) is 0 Å². The maximum Gasteiger partial charge on any atom is 0.163 e. The minimum absolute atomic E-state index is 0.423. The van der Waals surface area contributed by atoms with Gasteiger partial charge in [-0.15, -0.1) is 0 Å². The fraction of sp³-hybridized carbons (Fsp3) is 0.923. The third kappa shape index (κ3) is 11.8. The summed E-state index contributed by atoms with van der Waals surface area (Å²) >= 11 is 4.80. The second-order valence-corrected chi connectivity index (χ2v) is 5.11. The van der Waals surface area contributed by atoms with E-state index >= 15 is 0 Å². The van der Waals surface area contributed by atoms with Gasteiger partial charge in [0.05, 0.1) is 0 Å². The summed E-state index contributed by atoms with van der Waals surface area (Å²) in [5.41, 5.74) is 5.41. The van der Waals surface area contributed by atoms with E-state index in [1.165, 1.54) is 57.8 Å². The Morgan fingerprint density at radius 2 is 1.56 bits per heavy atom. The molecule has 3 N–H and O–H groups in total. The molecule has 0 aliphatic heterocycles. The van der Waals surface area contributed by atoms with Crippen LogP contribution in [0.5, 0.6) is 0 Å². The highest BCUT2D eigenvalue weighted by Crippen LogP contribution is 2.10. The summed E-state index contributed by atoms with van der Waals surface area (Å²) in [5, 5.41) is 3.49. The van der Waals surface area contributed by atoms with Crippen LogP contribution >= 0.6 is 12.2 Å². The van der Waals surface area contributed by atoms with E-state index in [0.29, 0.717) is 11.2 Å². The molecule has 0 aliphatic rings. The quantitative estimate of drug-likeness (QED) is 0.454. The zero-order valence-electron chi connectivity index (χ0n) is 10.9. The van der Waals surface area contributed by atoms with Gasteiger partial charge in [-0.1, -0.05) is 58.3 Å². The fourth-order valence-corrected chi connectivity index (χ4v) is 2.10. The van der Waals surface area contributed by atoms with Crippen molar-refractivity contribution in [2.75, 3.05) is 0 Å². The van der Waals surface area contributed by atoms with Crippen molar-refractivity contribution < 1.29 is 0 Å². The molecule has 16 heavy (non-hydrogen) atoms. The second-order valence-electron chi connectivity index (χ2n) is 4.67. The number of rotatable bonds is 10. The van der Waals surface area contributed by atoms with Crippen LogP contribution in [0.1, 0.15) is 71.6 Å². The first-order chi connectivity index (χ1) is 7.66. The average molecular weight is 244 g/mol. The summed E-state index contributed by atoms with van der Waals surface area (Å²) < 4.78 is 0. The van der Waals surface area contributed by atoms with E-state index in [2.05, 4.69) is 19.2 Å². The van der Waals surface area contributed by atoms with Gasteiger partial charge in [0, 0.05) is 6.04 Å². The van der Waals surface area contributed by atoms with Crippen molar-refractivity contribution in [1.82, 2.24) is 5.32 Å². The van der Waals surface area contributed by atoms with Crippen LogP contribution in [-0.4, -0.2) is 11.2 Å². The molecule has 3 heteroatoms. The normalized spacial score (nSPS) is 12.4. The van der Waals surface area contributed by atoms with Gasteiger partial charge in [-0.05, 0) is 25.6 Å². The predicted octanol–water partition coefficient (Wildman–Crippen LogP) is 3.74. The Morgan fingerprint density at radius 3 is 2.06 bits per heavy atom. The number of thiocarbonyl (C=S) groups is 1. The van der Waals surface area contributed by atoms with Crippen LogP contribution in [0.25, 0.3) is 0 Å². The molecule has 0 aromatic carbocycles. The first-order valence-corrected chi connectivity index (χ1v) is 7.13. The maximum absolute atomic E-state index is 5.41. The predicted molar refractivity (Wildman–Crippen MR) is 76.6 cm³/mol. The SMILES string of the molecule is CCCCCCCCCCC(C)NC(N)=S. The van der Waals surface area contributed by atoms with E-state index in [1.807, 2.05) is 0 Å². The largest absolute Gasteiger partial charge is 0.376 e. The number of nitrogens with two attached hydrogens (primary N) is 1. The number of hydrogen-bond acceptors (Lipinski definition) is 1. The lowest BCUT2D eigenvalue weighted by atomic mass is 10.1. The van der Waals surface area contributed by atoms with E-state index in [4.69, 9.17) is 18.0 Å². The van der Waals surface area contributed by atoms with Gasteiger partial charge in [0.2, 0.25) is 0 Å². The van der Waals surface area contributed by atoms with Crippen molar-refractivity contribution in [3.8, 4) is 0 Å². The van der Waals surface area contributed by atoms with Gasteiger partial charge < -0.3 is 11.1 Å². The standard InChI is InChI=1S/C13H28N2S/c1-3-4-5-6-7-8-9-10-11-12(2)15-13(14)16/h12H,3-11H2,1-2H3,(H3,14,15,16). The van der Waals surface area contributed by atoms with Gasteiger partial charge in [-0.2, -0.15) is 0 Å². The summed E-state index contributed by atoms with van der Waals surface area (Å²) in [7, 11) is 0. The van der Waals surface area contributed by atoms with E-state index < -0.39 is 0 Å². The van der Waals surface area contributed by atoms with Crippen LogP contribution in [0.2, 0.25) is 0 Å². The number of nitrogens with one attached hydrogen (secondary N) is 1. The molecular formula is C13H28N2S. The molecule has 96 valence electrons. The summed E-state index contributed by atoms with van der Waals surface area (Å²) in [4.78, 5) is 0. The van der Waals surface area contributed by atoms with E-state index in [1.54, 1.807) is 0 Å². The Hall–Kier alpha value is -0.310. The molecule has 0 saturated heterocycles. The Balaban J connectivity index is 3.11. The molecule has 0 aromatic heterocycles. The molecule has 0 saturated carbocycles. The lowest BCUT2D eigenvalue weighted by Crippen LogP contribution is -2.36. The van der Waals surface area contributed by atoms with Crippen LogP contribution in [-0.2, 0) is 0 Å². The first kappa shape index (κ1) is 15.7. The minimum atomic E-state index is 0.423. The Kier molecular flexibility index (Phi) is 11.0. The van der Waals surface area contributed by atoms with Crippen molar-refractivity contribution in [3.05, 3.63) is 0 Å². The van der Waals surface area contributed by atoms with Gasteiger partial charge in [0.15, 0.2) is 5.11 Å². The zero-order valence-corrected chi connectivity index (χ0v) is 11.7. The summed E-state index contributed by atoms with van der Waals surface area (Å²) in [5.74, 6) is 0. The van der Waals surface area contributed by atoms with E-state index in [0.717, 1.165) is 0 Å². The number of hydrogen-bond donors (Lipinski definition) is 2. The van der Waals surface area contributed by atoms with Gasteiger partial charge in [-0.25, -0.2) is 0 Å². The van der Waals surface area contributed by atoms with Crippen LogP contribution in [0.4, 0.5) is 0 Å². The van der Waals surface area contributed by atoms with Crippen molar-refractivity contribution in [1.29, 1.82) is 0 Å². The van der Waals surface area contributed by atoms with Crippen molar-refractivity contribution in [3.63, 3.8) is 0 Å². The molecule has 0 amide bonds. The molecule has 0 bridgehead atoms. The van der Waals surface area contributed by atoms with Crippen LogP contribution in [0.3, 0.4) is 0 Å². The number of unbranched alkanes of at least 4 members (excludes halogenated alkanes) is 7. The highest BCUT2D eigenvalue weighted by molar-refractivity contribution is 7.80. The molecule has 0 heterocycles. The Labute approximate surface area is 106 Å². The van der Waals surface area contributed by atoms with Gasteiger partial charge >= 0.3 is 0 Å². The smallest absolute Gasteiger partial charge is 0.163 e. The maximum atomic E-state index is 5.41. The van der Waals surface area contributed by atoms with Crippen LogP contribution in [0.15, 0.2) is 0 Å². The van der Waals surface area contributed by atoms with Crippen molar-refractivity contribution in [2.24, 2.45) is 5.73 Å². The van der Waals surface area contributed by atoms with E-state index in [-0.39, 0.29) is 0 Å². The third-order valence-electron chi connectivity index (χ3n) is 2.88. The van der Waals surface area contributed by atoms with Crippen molar-refractivity contribution in [2.45, 2.75) is 77.7 Å².